The summed E-state index contributed by atoms with van der Waals surface area (Å²) in [4.78, 5) is 0. The molecule has 2 heteroatoms. The third kappa shape index (κ3) is 1.16. The Hall–Kier alpha value is -1.44. The lowest BCUT2D eigenvalue weighted by molar-refractivity contribution is 0.413. The van der Waals surface area contributed by atoms with Crippen molar-refractivity contribution in [3.05, 3.63) is 42.1 Å². The van der Waals surface area contributed by atoms with E-state index in [1.807, 2.05) is 24.4 Å². The van der Waals surface area contributed by atoms with Crippen molar-refractivity contribution < 1.29 is 4.74 Å². The van der Waals surface area contributed by atoms with E-state index in [-0.39, 0.29) is 0 Å². The molecule has 1 N–H and O–H groups in total. The third-order valence-corrected chi connectivity index (χ3v) is 2.02. The Labute approximate surface area is 71.9 Å². The summed E-state index contributed by atoms with van der Waals surface area (Å²) in [5.74, 6) is 0.912. The van der Waals surface area contributed by atoms with Crippen LogP contribution in [0.4, 0.5) is 0 Å². The van der Waals surface area contributed by atoms with Crippen LogP contribution < -0.4 is 10.1 Å². The normalized spacial score (nSPS) is 19.6. The maximum Gasteiger partial charge on any atom is 0.119 e. The highest BCUT2D eigenvalue weighted by molar-refractivity contribution is 5.34. The van der Waals surface area contributed by atoms with Gasteiger partial charge in [0.2, 0.25) is 0 Å². The first-order chi connectivity index (χ1) is 5.90. The van der Waals surface area contributed by atoms with Crippen LogP contribution in [0, 0.1) is 0 Å². The Morgan fingerprint density at radius 1 is 1.42 bits per heavy atom. The van der Waals surface area contributed by atoms with Crippen LogP contribution >= 0.6 is 0 Å². The zero-order valence-electron chi connectivity index (χ0n) is 6.95. The molecule has 0 saturated heterocycles. The van der Waals surface area contributed by atoms with Gasteiger partial charge in [-0.2, -0.15) is 0 Å². The predicted molar refractivity (Wildman–Crippen MR) is 48.0 cm³/mol. The largest absolute Gasteiger partial charge is 0.497 e. The van der Waals surface area contributed by atoms with E-state index in [0.717, 1.165) is 5.75 Å². The SMILES string of the molecule is COc1cccc(C2C=CN2)c1. The first-order valence-electron chi connectivity index (χ1n) is 3.97. The Bertz CT molecular complexity index is 306. The van der Waals surface area contributed by atoms with Crippen LogP contribution in [0.5, 0.6) is 5.75 Å². The van der Waals surface area contributed by atoms with Crippen LogP contribution in [-0.2, 0) is 0 Å². The standard InChI is InChI=1S/C10H11NO/c1-12-9-4-2-3-8(7-9)10-5-6-11-10/h2-7,10-11H,1H3. The van der Waals surface area contributed by atoms with E-state index < -0.39 is 0 Å². The smallest absolute Gasteiger partial charge is 0.119 e. The molecule has 0 aliphatic carbocycles. The molecule has 0 spiro atoms. The number of hydrogen-bond donors (Lipinski definition) is 1. The lowest BCUT2D eigenvalue weighted by atomic mass is 10.0. The van der Waals surface area contributed by atoms with E-state index in [9.17, 15) is 0 Å². The first kappa shape index (κ1) is 7.22. The van der Waals surface area contributed by atoms with Gasteiger partial charge in [0.05, 0.1) is 13.2 Å². The number of ether oxygens (including phenoxy) is 1. The summed E-state index contributed by atoms with van der Waals surface area (Å²) in [5.41, 5.74) is 1.25. The quantitative estimate of drug-likeness (QED) is 0.714. The average Bonchev–Trinajstić information content (AvgIpc) is 2.02. The van der Waals surface area contributed by atoms with Crippen LogP contribution in [0.1, 0.15) is 11.6 Å². The fourth-order valence-electron chi connectivity index (χ4n) is 1.23. The molecule has 12 heavy (non-hydrogen) atoms. The highest BCUT2D eigenvalue weighted by atomic mass is 16.5. The molecule has 1 aliphatic rings. The van der Waals surface area contributed by atoms with Crippen LogP contribution in [-0.4, -0.2) is 7.11 Å². The topological polar surface area (TPSA) is 21.3 Å². The van der Waals surface area contributed by atoms with Gasteiger partial charge in [-0.05, 0) is 30.0 Å². The predicted octanol–water partition coefficient (Wildman–Crippen LogP) is 1.85. The van der Waals surface area contributed by atoms with Gasteiger partial charge < -0.3 is 10.1 Å². The fourth-order valence-corrected chi connectivity index (χ4v) is 1.23. The van der Waals surface area contributed by atoms with Crippen LogP contribution in [0.15, 0.2) is 36.5 Å². The van der Waals surface area contributed by atoms with E-state index in [1.165, 1.54) is 5.56 Å². The van der Waals surface area contributed by atoms with Crippen molar-refractivity contribution in [1.82, 2.24) is 5.32 Å². The molecule has 1 aromatic rings. The van der Waals surface area contributed by atoms with Crippen molar-refractivity contribution in [3.8, 4) is 5.75 Å². The van der Waals surface area contributed by atoms with Gasteiger partial charge in [0.1, 0.15) is 5.75 Å². The molecule has 1 unspecified atom stereocenters. The summed E-state index contributed by atoms with van der Waals surface area (Å²) in [6.45, 7) is 0. The van der Waals surface area contributed by atoms with E-state index in [0.29, 0.717) is 6.04 Å². The van der Waals surface area contributed by atoms with Crippen molar-refractivity contribution in [2.45, 2.75) is 6.04 Å². The van der Waals surface area contributed by atoms with Crippen molar-refractivity contribution in [2.75, 3.05) is 7.11 Å². The molecule has 0 bridgehead atoms. The highest BCUT2D eigenvalue weighted by Crippen LogP contribution is 2.22. The third-order valence-electron chi connectivity index (χ3n) is 2.02. The number of benzene rings is 1. The van der Waals surface area contributed by atoms with Crippen LogP contribution in [0.3, 0.4) is 0 Å². The molecule has 0 saturated carbocycles. The second-order valence-electron chi connectivity index (χ2n) is 2.78. The van der Waals surface area contributed by atoms with Gasteiger partial charge in [-0.3, -0.25) is 0 Å². The van der Waals surface area contributed by atoms with Crippen molar-refractivity contribution in [1.29, 1.82) is 0 Å². The van der Waals surface area contributed by atoms with E-state index in [2.05, 4.69) is 17.5 Å². The second kappa shape index (κ2) is 2.89. The minimum Gasteiger partial charge on any atom is -0.497 e. The van der Waals surface area contributed by atoms with Crippen molar-refractivity contribution >= 4 is 0 Å². The molecule has 1 aromatic carbocycles. The van der Waals surface area contributed by atoms with Crippen LogP contribution in [0.25, 0.3) is 0 Å². The maximum atomic E-state index is 5.12. The van der Waals surface area contributed by atoms with E-state index >= 15 is 0 Å². The molecular weight excluding hydrogens is 150 g/mol. The minimum absolute atomic E-state index is 0.375. The molecule has 0 fully saturated rings. The molecule has 1 aliphatic heterocycles. The fraction of sp³-hybridized carbons (Fsp3) is 0.200. The molecule has 0 aromatic heterocycles. The Balaban J connectivity index is 2.26. The lowest BCUT2D eigenvalue weighted by Gasteiger charge is -2.21. The molecule has 2 rings (SSSR count). The van der Waals surface area contributed by atoms with Crippen molar-refractivity contribution in [2.24, 2.45) is 0 Å². The van der Waals surface area contributed by atoms with Crippen LogP contribution in [0.2, 0.25) is 0 Å². The lowest BCUT2D eigenvalue weighted by Crippen LogP contribution is -2.21. The highest BCUT2D eigenvalue weighted by Gasteiger charge is 2.11. The van der Waals surface area contributed by atoms with Gasteiger partial charge in [0.25, 0.3) is 0 Å². The summed E-state index contributed by atoms with van der Waals surface area (Å²) in [6, 6.07) is 8.46. The molecule has 62 valence electrons. The van der Waals surface area contributed by atoms with Gasteiger partial charge in [-0.1, -0.05) is 12.1 Å². The van der Waals surface area contributed by atoms with Gasteiger partial charge >= 0.3 is 0 Å². The van der Waals surface area contributed by atoms with Gasteiger partial charge in [0, 0.05) is 0 Å². The molecule has 2 nitrogen and oxygen atoms in total. The molecule has 1 heterocycles. The monoisotopic (exact) mass is 161 g/mol. The number of rotatable bonds is 2. The summed E-state index contributed by atoms with van der Waals surface area (Å²) >= 11 is 0. The summed E-state index contributed by atoms with van der Waals surface area (Å²) in [7, 11) is 1.68. The zero-order valence-corrected chi connectivity index (χ0v) is 6.95. The summed E-state index contributed by atoms with van der Waals surface area (Å²) in [6.07, 6.45) is 4.07. The summed E-state index contributed by atoms with van der Waals surface area (Å²) < 4.78 is 5.12. The van der Waals surface area contributed by atoms with Crippen molar-refractivity contribution in [3.63, 3.8) is 0 Å². The number of methoxy groups -OCH3 is 1. The van der Waals surface area contributed by atoms with Gasteiger partial charge in [0.15, 0.2) is 0 Å². The first-order valence-corrected chi connectivity index (χ1v) is 3.97. The van der Waals surface area contributed by atoms with E-state index in [1.54, 1.807) is 7.11 Å². The Morgan fingerprint density at radius 2 is 2.25 bits per heavy atom. The summed E-state index contributed by atoms with van der Waals surface area (Å²) in [5, 5.41) is 3.18. The van der Waals surface area contributed by atoms with Gasteiger partial charge in [-0.25, -0.2) is 0 Å². The Morgan fingerprint density at radius 3 is 2.83 bits per heavy atom. The average molecular weight is 161 g/mol. The maximum absolute atomic E-state index is 5.12. The number of nitrogens with one attached hydrogen (secondary N) is 1. The minimum atomic E-state index is 0.375. The molecule has 1 atom stereocenters. The zero-order chi connectivity index (χ0) is 8.39. The molecule has 0 amide bonds. The number of hydrogen-bond acceptors (Lipinski definition) is 2. The second-order valence-corrected chi connectivity index (χ2v) is 2.78. The molecular formula is C10H11NO. The Kier molecular flexibility index (Phi) is 1.74. The van der Waals surface area contributed by atoms with Gasteiger partial charge in [-0.15, -0.1) is 0 Å². The van der Waals surface area contributed by atoms with E-state index in [4.69, 9.17) is 4.74 Å². The molecule has 0 radical (unpaired) electrons.